The molecule has 1 aromatic heterocycles. The second kappa shape index (κ2) is 5.17. The first kappa shape index (κ1) is 12.4. The van der Waals surface area contributed by atoms with Crippen molar-refractivity contribution in [2.24, 2.45) is 5.73 Å². The molecule has 0 aliphatic carbocycles. The van der Waals surface area contributed by atoms with Gasteiger partial charge in [-0.15, -0.1) is 0 Å². The minimum absolute atomic E-state index is 0.197. The Morgan fingerprint density at radius 1 is 1.05 bits per heavy atom. The summed E-state index contributed by atoms with van der Waals surface area (Å²) in [6.45, 7) is 0.968. The molecular weight excluding hydrogens is 250 g/mol. The zero-order valence-corrected chi connectivity index (χ0v) is 11.1. The summed E-state index contributed by atoms with van der Waals surface area (Å²) in [7, 11) is 0. The van der Waals surface area contributed by atoms with Crippen molar-refractivity contribution in [1.82, 2.24) is 4.57 Å². The van der Waals surface area contributed by atoms with E-state index in [1.807, 2.05) is 47.3 Å². The molecule has 2 N–H and O–H groups in total. The summed E-state index contributed by atoms with van der Waals surface area (Å²) in [5.41, 5.74) is 8.64. The minimum Gasteiger partial charge on any atom is -0.366 e. The van der Waals surface area contributed by atoms with Crippen molar-refractivity contribution >= 4 is 16.9 Å². The van der Waals surface area contributed by atoms with Crippen LogP contribution in [0, 0.1) is 0 Å². The van der Waals surface area contributed by atoms with Crippen LogP contribution in [0.15, 0.2) is 60.9 Å². The standard InChI is InChI=1S/C16H15N3O/c17-16(20)11-19-12-18(10-13-6-2-1-3-7-13)14-8-4-5-9-15(14)19/h1-9,12H,10-11H2,(H-,17,20)/p+1. The van der Waals surface area contributed by atoms with Crippen molar-refractivity contribution in [2.75, 3.05) is 0 Å². The Morgan fingerprint density at radius 2 is 1.75 bits per heavy atom. The summed E-state index contributed by atoms with van der Waals surface area (Å²) in [6, 6.07) is 18.3. The van der Waals surface area contributed by atoms with Crippen LogP contribution in [0.2, 0.25) is 0 Å². The molecule has 0 unspecified atom stereocenters. The van der Waals surface area contributed by atoms with Crippen LogP contribution in [0.4, 0.5) is 0 Å². The van der Waals surface area contributed by atoms with E-state index < -0.39 is 0 Å². The Morgan fingerprint density at radius 3 is 2.50 bits per heavy atom. The van der Waals surface area contributed by atoms with Gasteiger partial charge in [0.15, 0.2) is 17.6 Å². The third kappa shape index (κ3) is 2.40. The zero-order valence-electron chi connectivity index (χ0n) is 11.1. The molecule has 3 rings (SSSR count). The van der Waals surface area contributed by atoms with E-state index in [1.165, 1.54) is 5.56 Å². The van der Waals surface area contributed by atoms with Gasteiger partial charge in [0, 0.05) is 0 Å². The summed E-state index contributed by atoms with van der Waals surface area (Å²) in [4.78, 5) is 11.2. The van der Waals surface area contributed by atoms with Crippen LogP contribution in [-0.2, 0) is 17.9 Å². The molecule has 0 fully saturated rings. The molecule has 0 saturated carbocycles. The van der Waals surface area contributed by atoms with E-state index in [9.17, 15) is 4.79 Å². The molecule has 4 heteroatoms. The topological polar surface area (TPSA) is 51.9 Å². The highest BCUT2D eigenvalue weighted by Gasteiger charge is 2.16. The fourth-order valence-corrected chi connectivity index (χ4v) is 2.44. The smallest absolute Gasteiger partial charge is 0.259 e. The van der Waals surface area contributed by atoms with Gasteiger partial charge in [-0.3, -0.25) is 4.79 Å². The highest BCUT2D eigenvalue weighted by molar-refractivity contribution is 5.77. The number of carbonyl (C=O) groups is 1. The zero-order chi connectivity index (χ0) is 13.9. The first-order valence-corrected chi connectivity index (χ1v) is 6.53. The van der Waals surface area contributed by atoms with Crippen molar-refractivity contribution in [3.05, 3.63) is 66.5 Å². The van der Waals surface area contributed by atoms with Gasteiger partial charge >= 0.3 is 0 Å². The van der Waals surface area contributed by atoms with E-state index in [-0.39, 0.29) is 12.5 Å². The van der Waals surface area contributed by atoms with E-state index in [1.54, 1.807) is 0 Å². The fourth-order valence-electron chi connectivity index (χ4n) is 2.44. The summed E-state index contributed by atoms with van der Waals surface area (Å²) in [5, 5.41) is 0. The van der Waals surface area contributed by atoms with Crippen molar-refractivity contribution < 1.29 is 9.36 Å². The molecule has 0 aliphatic rings. The molecular formula is C16H16N3O+. The fraction of sp³-hybridized carbons (Fsp3) is 0.125. The molecule has 2 aromatic carbocycles. The van der Waals surface area contributed by atoms with Gasteiger partial charge in [0.1, 0.15) is 6.54 Å². The van der Waals surface area contributed by atoms with E-state index in [2.05, 4.69) is 22.8 Å². The summed E-state index contributed by atoms with van der Waals surface area (Å²) < 4.78 is 4.02. The Labute approximate surface area is 117 Å². The molecule has 0 bridgehead atoms. The Kier molecular flexibility index (Phi) is 3.21. The van der Waals surface area contributed by atoms with Crippen LogP contribution in [-0.4, -0.2) is 10.5 Å². The summed E-state index contributed by atoms with van der Waals surface area (Å²) in [5.74, 6) is -0.336. The molecule has 4 nitrogen and oxygen atoms in total. The van der Waals surface area contributed by atoms with Gasteiger partial charge < -0.3 is 5.73 Å². The van der Waals surface area contributed by atoms with Crippen LogP contribution >= 0.6 is 0 Å². The molecule has 0 atom stereocenters. The van der Waals surface area contributed by atoms with Gasteiger partial charge in [-0.2, -0.15) is 0 Å². The number of hydrogen-bond acceptors (Lipinski definition) is 1. The van der Waals surface area contributed by atoms with Crippen molar-refractivity contribution in [3.8, 4) is 0 Å². The second-order valence-corrected chi connectivity index (χ2v) is 4.81. The first-order chi connectivity index (χ1) is 9.74. The van der Waals surface area contributed by atoms with Crippen LogP contribution in [0.3, 0.4) is 0 Å². The molecule has 20 heavy (non-hydrogen) atoms. The number of nitrogens with zero attached hydrogens (tertiary/aromatic N) is 2. The number of rotatable bonds is 4. The van der Waals surface area contributed by atoms with Crippen LogP contribution in [0.1, 0.15) is 5.56 Å². The highest BCUT2D eigenvalue weighted by Crippen LogP contribution is 2.11. The lowest BCUT2D eigenvalue weighted by molar-refractivity contribution is -0.663. The van der Waals surface area contributed by atoms with E-state index in [4.69, 9.17) is 5.73 Å². The number of aromatic nitrogens is 2. The average Bonchev–Trinajstić information content (AvgIpc) is 2.78. The van der Waals surface area contributed by atoms with E-state index in [0.717, 1.165) is 17.6 Å². The molecule has 0 radical (unpaired) electrons. The number of benzene rings is 2. The molecule has 0 aliphatic heterocycles. The average molecular weight is 266 g/mol. The van der Waals surface area contributed by atoms with Crippen molar-refractivity contribution in [1.29, 1.82) is 0 Å². The second-order valence-electron chi connectivity index (χ2n) is 4.81. The molecule has 100 valence electrons. The number of fused-ring (bicyclic) bond motifs is 1. The maximum atomic E-state index is 11.2. The van der Waals surface area contributed by atoms with Gasteiger partial charge in [0.25, 0.3) is 5.91 Å². The van der Waals surface area contributed by atoms with Crippen molar-refractivity contribution in [3.63, 3.8) is 0 Å². The first-order valence-electron chi connectivity index (χ1n) is 6.53. The highest BCUT2D eigenvalue weighted by atomic mass is 16.1. The number of para-hydroxylation sites is 2. The van der Waals surface area contributed by atoms with Gasteiger partial charge in [-0.1, -0.05) is 42.5 Å². The Hall–Kier alpha value is -2.62. The lowest BCUT2D eigenvalue weighted by Crippen LogP contribution is -2.33. The van der Waals surface area contributed by atoms with Crippen LogP contribution < -0.4 is 10.3 Å². The van der Waals surface area contributed by atoms with Gasteiger partial charge in [-0.25, -0.2) is 9.13 Å². The number of primary amides is 1. The Bertz CT molecular complexity index is 747. The normalized spacial score (nSPS) is 10.8. The lowest BCUT2D eigenvalue weighted by atomic mass is 10.2. The largest absolute Gasteiger partial charge is 0.366 e. The molecule has 0 saturated heterocycles. The lowest BCUT2D eigenvalue weighted by Gasteiger charge is -1.97. The van der Waals surface area contributed by atoms with Gasteiger partial charge in [-0.05, 0) is 17.7 Å². The third-order valence-electron chi connectivity index (χ3n) is 3.30. The SMILES string of the molecule is NC(=O)Cn1c[n+](Cc2ccccc2)c2ccccc21. The number of amides is 1. The molecule has 3 aromatic rings. The molecule has 1 heterocycles. The number of carbonyl (C=O) groups excluding carboxylic acids is 1. The predicted octanol–water partition coefficient (Wildman–Crippen LogP) is 1.46. The monoisotopic (exact) mass is 266 g/mol. The molecule has 0 spiro atoms. The predicted molar refractivity (Wildman–Crippen MR) is 76.9 cm³/mol. The van der Waals surface area contributed by atoms with Crippen LogP contribution in [0.5, 0.6) is 0 Å². The quantitative estimate of drug-likeness (QED) is 0.714. The van der Waals surface area contributed by atoms with Crippen molar-refractivity contribution in [2.45, 2.75) is 13.1 Å². The maximum Gasteiger partial charge on any atom is 0.259 e. The summed E-state index contributed by atoms with van der Waals surface area (Å²) >= 11 is 0. The third-order valence-corrected chi connectivity index (χ3v) is 3.30. The minimum atomic E-state index is -0.336. The summed E-state index contributed by atoms with van der Waals surface area (Å²) in [6.07, 6.45) is 1.95. The maximum absolute atomic E-state index is 11.2. The van der Waals surface area contributed by atoms with Gasteiger partial charge in [0.05, 0.1) is 0 Å². The van der Waals surface area contributed by atoms with Gasteiger partial charge in [0.2, 0.25) is 6.33 Å². The van der Waals surface area contributed by atoms with Crippen LogP contribution in [0.25, 0.3) is 11.0 Å². The number of imidazole rings is 1. The van der Waals surface area contributed by atoms with E-state index >= 15 is 0 Å². The van der Waals surface area contributed by atoms with E-state index in [0.29, 0.717) is 0 Å². The number of nitrogens with two attached hydrogens (primary N) is 1. The molecule has 1 amide bonds. The number of hydrogen-bond donors (Lipinski definition) is 1. The Balaban J connectivity index is 2.04.